The van der Waals surface area contributed by atoms with Crippen LogP contribution in [0, 0.1) is 29.6 Å². The fourth-order valence-electron chi connectivity index (χ4n) is 6.62. The molecule has 0 aliphatic rings. The Morgan fingerprint density at radius 3 is 1.38 bits per heavy atom. The van der Waals surface area contributed by atoms with Crippen LogP contribution < -0.4 is 10.6 Å². The van der Waals surface area contributed by atoms with E-state index in [2.05, 4.69) is 10.6 Å². The van der Waals surface area contributed by atoms with Crippen LogP contribution in [0.25, 0.3) is 0 Å². The van der Waals surface area contributed by atoms with Crippen molar-refractivity contribution in [2.75, 3.05) is 35.2 Å². The lowest BCUT2D eigenvalue weighted by Crippen LogP contribution is -2.62. The van der Waals surface area contributed by atoms with Crippen molar-refractivity contribution in [3.8, 4) is 0 Å². The quantitative estimate of drug-likeness (QED) is 0.255. The summed E-state index contributed by atoms with van der Waals surface area (Å²) in [6, 6.07) is 4.27. The van der Waals surface area contributed by atoms with Crippen LogP contribution in [-0.2, 0) is 24.0 Å². The van der Waals surface area contributed by atoms with Gasteiger partial charge in [-0.1, -0.05) is 93.9 Å². The van der Waals surface area contributed by atoms with Crippen LogP contribution in [-0.4, -0.2) is 120 Å². The van der Waals surface area contributed by atoms with E-state index in [1.54, 1.807) is 45.4 Å². The highest BCUT2D eigenvalue weighted by atomic mass is 16.2. The van der Waals surface area contributed by atoms with Crippen molar-refractivity contribution in [3.05, 3.63) is 35.9 Å². The number of carbonyl (C=O) groups is 6. The van der Waals surface area contributed by atoms with Gasteiger partial charge in [-0.15, -0.1) is 0 Å². The number of amides is 6. The van der Waals surface area contributed by atoms with Crippen molar-refractivity contribution in [1.29, 1.82) is 0 Å². The Kier molecular flexibility index (Phi) is 17.1. The third kappa shape index (κ3) is 10.5. The molecule has 50 heavy (non-hydrogen) atoms. The number of carbonyl (C=O) groups excluding carboxylic acids is 6. The molecule has 6 amide bonds. The molecule has 0 aliphatic carbocycles. The molecule has 0 saturated carbocycles. The molecule has 0 saturated heterocycles. The molecule has 2 N–H and O–H groups in total. The van der Waals surface area contributed by atoms with Gasteiger partial charge in [0.2, 0.25) is 29.5 Å². The average molecular weight is 701 g/mol. The van der Waals surface area contributed by atoms with E-state index < -0.39 is 53.8 Å². The van der Waals surface area contributed by atoms with Gasteiger partial charge in [0.25, 0.3) is 5.91 Å². The first-order valence-corrected chi connectivity index (χ1v) is 17.8. The van der Waals surface area contributed by atoms with E-state index in [0.29, 0.717) is 12.0 Å². The molecular formula is C38H64N6O6. The molecule has 0 aliphatic heterocycles. The highest BCUT2D eigenvalue weighted by Gasteiger charge is 2.43. The highest BCUT2D eigenvalue weighted by Crippen LogP contribution is 2.23. The Bertz CT molecular complexity index is 1320. The minimum atomic E-state index is -0.973. The first kappa shape index (κ1) is 44.1. The summed E-state index contributed by atoms with van der Waals surface area (Å²) in [4.78, 5) is 88.0. The van der Waals surface area contributed by atoms with Gasteiger partial charge < -0.3 is 30.2 Å². The molecule has 0 aromatic heterocycles. The summed E-state index contributed by atoms with van der Waals surface area (Å²) in [7, 11) is 7.78. The zero-order valence-corrected chi connectivity index (χ0v) is 33.1. The van der Waals surface area contributed by atoms with Crippen LogP contribution in [0.4, 0.5) is 0 Å². The van der Waals surface area contributed by atoms with Gasteiger partial charge in [0.1, 0.15) is 30.2 Å². The third-order valence-electron chi connectivity index (χ3n) is 9.65. The molecule has 6 atom stereocenters. The predicted octanol–water partition coefficient (Wildman–Crippen LogP) is 3.51. The normalized spacial score (nSPS) is 15.1. The minimum Gasteiger partial charge on any atom is -0.357 e. The van der Waals surface area contributed by atoms with E-state index in [9.17, 15) is 28.8 Å². The first-order valence-electron chi connectivity index (χ1n) is 17.8. The molecule has 0 unspecified atom stereocenters. The fraction of sp³-hybridized carbons (Fsp3) is 0.684. The summed E-state index contributed by atoms with van der Waals surface area (Å²) in [6.07, 6.45) is 0.669. The van der Waals surface area contributed by atoms with E-state index in [1.807, 2.05) is 75.3 Å². The Labute approximate surface area is 300 Å². The molecule has 0 radical (unpaired) electrons. The van der Waals surface area contributed by atoms with Gasteiger partial charge in [-0.3, -0.25) is 28.8 Å². The SMILES string of the molecule is CC[C@H](C)[C@@H](C(=O)NC)N(C)C(=O)[C@@H](NC(=O)[C@H](C(C)C)N(C)C(=O)[C@H](C(C)C)N(C)C(=O)[C@H](C(C)C)N(C)C(=O)c1ccccc1)C(C)C. The molecule has 0 spiro atoms. The molecule has 12 nitrogen and oxygen atoms in total. The highest BCUT2D eigenvalue weighted by molar-refractivity contribution is 5.99. The maximum atomic E-state index is 14.3. The number of rotatable bonds is 17. The van der Waals surface area contributed by atoms with Crippen molar-refractivity contribution >= 4 is 35.4 Å². The zero-order chi connectivity index (χ0) is 38.8. The van der Waals surface area contributed by atoms with Gasteiger partial charge in [0, 0.05) is 40.8 Å². The van der Waals surface area contributed by atoms with Crippen molar-refractivity contribution in [2.45, 2.75) is 106 Å². The molecule has 0 bridgehead atoms. The van der Waals surface area contributed by atoms with Gasteiger partial charge >= 0.3 is 0 Å². The smallest absolute Gasteiger partial charge is 0.254 e. The average Bonchev–Trinajstić information content (AvgIpc) is 3.05. The number of nitrogens with one attached hydrogen (secondary N) is 2. The minimum absolute atomic E-state index is 0.126. The van der Waals surface area contributed by atoms with Crippen molar-refractivity contribution in [1.82, 2.24) is 30.2 Å². The van der Waals surface area contributed by atoms with Gasteiger partial charge in [-0.05, 0) is 41.7 Å². The third-order valence-corrected chi connectivity index (χ3v) is 9.65. The summed E-state index contributed by atoms with van der Waals surface area (Å²) in [5.74, 6) is -3.74. The molecular weight excluding hydrogens is 636 g/mol. The van der Waals surface area contributed by atoms with Gasteiger partial charge in [0.15, 0.2) is 0 Å². The Balaban J connectivity index is 3.41. The number of hydrogen-bond acceptors (Lipinski definition) is 6. The van der Waals surface area contributed by atoms with E-state index in [4.69, 9.17) is 0 Å². The van der Waals surface area contributed by atoms with Crippen LogP contribution in [0.3, 0.4) is 0 Å². The van der Waals surface area contributed by atoms with E-state index in [-0.39, 0.29) is 41.4 Å². The number of likely N-dealkylation sites (N-methyl/N-ethyl adjacent to an activating group) is 5. The second-order valence-electron chi connectivity index (χ2n) is 14.9. The molecule has 0 heterocycles. The lowest BCUT2D eigenvalue weighted by atomic mass is 9.93. The molecule has 0 fully saturated rings. The van der Waals surface area contributed by atoms with Crippen molar-refractivity contribution in [3.63, 3.8) is 0 Å². The van der Waals surface area contributed by atoms with Crippen LogP contribution in [0.5, 0.6) is 0 Å². The molecule has 1 rings (SSSR count). The summed E-state index contributed by atoms with van der Waals surface area (Å²) in [5.41, 5.74) is 0.450. The number of hydrogen-bond donors (Lipinski definition) is 2. The first-order chi connectivity index (χ1) is 23.2. The van der Waals surface area contributed by atoms with Crippen LogP contribution in [0.1, 0.15) is 86.0 Å². The summed E-state index contributed by atoms with van der Waals surface area (Å²) in [6.45, 7) is 18.5. The van der Waals surface area contributed by atoms with Gasteiger partial charge in [-0.25, -0.2) is 0 Å². The summed E-state index contributed by atoms with van der Waals surface area (Å²) < 4.78 is 0. The number of nitrogens with zero attached hydrogens (tertiary/aromatic N) is 4. The monoisotopic (exact) mass is 700 g/mol. The maximum Gasteiger partial charge on any atom is 0.254 e. The van der Waals surface area contributed by atoms with Crippen molar-refractivity contribution in [2.24, 2.45) is 29.6 Å². The topological polar surface area (TPSA) is 139 Å². The zero-order valence-electron chi connectivity index (χ0n) is 33.1. The van der Waals surface area contributed by atoms with Gasteiger partial charge in [-0.2, -0.15) is 0 Å². The summed E-state index contributed by atoms with van der Waals surface area (Å²) in [5, 5.41) is 5.54. The summed E-state index contributed by atoms with van der Waals surface area (Å²) >= 11 is 0. The number of benzene rings is 1. The van der Waals surface area contributed by atoms with Gasteiger partial charge in [0.05, 0.1) is 0 Å². The largest absolute Gasteiger partial charge is 0.357 e. The molecule has 282 valence electrons. The van der Waals surface area contributed by atoms with E-state index in [1.165, 1.54) is 33.7 Å². The standard InChI is InChI=1S/C38H64N6O6/c1-16-26(10)32(33(45)39-11)44(15)36(48)28(22(2)3)40-34(46)29(23(4)5)41(12)37(49)31(25(8)9)43(14)38(50)30(24(6)7)42(13)35(47)27-20-18-17-19-21-27/h17-26,28-32H,16H2,1-15H3,(H,39,45)(H,40,46)/t26-,28-,29-,30-,31-,32-/m0/s1. The molecule has 12 heteroatoms. The Morgan fingerprint density at radius 2 is 0.980 bits per heavy atom. The Morgan fingerprint density at radius 1 is 0.560 bits per heavy atom. The predicted molar refractivity (Wildman–Crippen MR) is 197 cm³/mol. The van der Waals surface area contributed by atoms with Crippen LogP contribution in [0.2, 0.25) is 0 Å². The fourth-order valence-corrected chi connectivity index (χ4v) is 6.62. The lowest BCUT2D eigenvalue weighted by Gasteiger charge is -2.41. The van der Waals surface area contributed by atoms with Crippen molar-refractivity contribution < 1.29 is 28.8 Å². The maximum absolute atomic E-state index is 14.3. The second kappa shape index (κ2) is 19.4. The van der Waals surface area contributed by atoms with Crippen LogP contribution in [0.15, 0.2) is 30.3 Å². The van der Waals surface area contributed by atoms with Crippen LogP contribution >= 0.6 is 0 Å². The Hall–Kier alpha value is -3.96. The lowest BCUT2D eigenvalue weighted by molar-refractivity contribution is -0.153. The molecule has 1 aromatic rings. The van der Waals surface area contributed by atoms with E-state index >= 15 is 0 Å². The molecule has 1 aromatic carbocycles. The van der Waals surface area contributed by atoms with E-state index in [0.717, 1.165) is 0 Å². The second-order valence-corrected chi connectivity index (χ2v) is 14.9.